The quantitative estimate of drug-likeness (QED) is 0.197. The third-order valence-electron chi connectivity index (χ3n) is 6.90. The molecule has 0 unspecified atom stereocenters. The van der Waals surface area contributed by atoms with Gasteiger partial charge in [0.05, 0.1) is 5.69 Å². The van der Waals surface area contributed by atoms with E-state index in [2.05, 4.69) is 175 Å². The van der Waals surface area contributed by atoms with E-state index in [0.717, 1.165) is 22.6 Å². The molecule has 0 aliphatic rings. The largest absolute Gasteiger partial charge is 0.310 e. The summed E-state index contributed by atoms with van der Waals surface area (Å²) in [7, 11) is 0. The summed E-state index contributed by atoms with van der Waals surface area (Å²) < 4.78 is 0. The summed E-state index contributed by atoms with van der Waals surface area (Å²) in [6.45, 7) is 0. The van der Waals surface area contributed by atoms with Crippen LogP contribution in [0, 0.1) is 0 Å². The van der Waals surface area contributed by atoms with Crippen LogP contribution in [0.1, 0.15) is 11.1 Å². The molecule has 39 heavy (non-hydrogen) atoms. The molecule has 0 radical (unpaired) electrons. The maximum absolute atomic E-state index is 2.33. The van der Waals surface area contributed by atoms with Gasteiger partial charge in [0, 0.05) is 11.4 Å². The normalized spacial score (nSPS) is 11.0. The molecule has 0 spiro atoms. The SMILES string of the molecule is C(=Cc1ccccc1N(c1ccccc1)c1ccc(-c2ccc(-c3ccccc3)cc2)cc1)c1ccccc1. The molecule has 0 aromatic heterocycles. The monoisotopic (exact) mass is 499 g/mol. The Kier molecular flexibility index (Phi) is 7.14. The van der Waals surface area contributed by atoms with Crippen LogP contribution in [0.4, 0.5) is 17.1 Å². The fourth-order valence-corrected chi connectivity index (χ4v) is 4.88. The van der Waals surface area contributed by atoms with Gasteiger partial charge in [0.1, 0.15) is 0 Å². The molecule has 6 rings (SSSR count). The highest BCUT2D eigenvalue weighted by atomic mass is 15.1. The van der Waals surface area contributed by atoms with Crippen LogP contribution in [0.5, 0.6) is 0 Å². The first-order valence-corrected chi connectivity index (χ1v) is 13.3. The predicted molar refractivity (Wildman–Crippen MR) is 167 cm³/mol. The van der Waals surface area contributed by atoms with Gasteiger partial charge in [-0.05, 0) is 63.7 Å². The van der Waals surface area contributed by atoms with E-state index in [1.165, 1.54) is 27.8 Å². The summed E-state index contributed by atoms with van der Waals surface area (Å²) >= 11 is 0. The van der Waals surface area contributed by atoms with Crippen molar-refractivity contribution in [1.29, 1.82) is 0 Å². The van der Waals surface area contributed by atoms with Crippen LogP contribution in [0.25, 0.3) is 34.4 Å². The van der Waals surface area contributed by atoms with Gasteiger partial charge in [0.2, 0.25) is 0 Å². The van der Waals surface area contributed by atoms with Crippen molar-refractivity contribution < 1.29 is 0 Å². The van der Waals surface area contributed by atoms with E-state index in [1.807, 2.05) is 6.07 Å². The van der Waals surface area contributed by atoms with Crippen molar-refractivity contribution in [1.82, 2.24) is 0 Å². The standard InChI is InChI=1S/C38H29N/c1-4-12-30(13-5-1)20-21-35-16-10-11-19-38(35)39(36-17-8-3-9-18-36)37-28-26-34(27-29-37)33-24-22-32(23-25-33)31-14-6-2-7-15-31/h1-29H. The Morgan fingerprint density at radius 2 is 0.769 bits per heavy atom. The van der Waals surface area contributed by atoms with Crippen molar-refractivity contribution in [3.05, 3.63) is 175 Å². The van der Waals surface area contributed by atoms with Crippen molar-refractivity contribution in [3.63, 3.8) is 0 Å². The van der Waals surface area contributed by atoms with Gasteiger partial charge in [0.15, 0.2) is 0 Å². The lowest BCUT2D eigenvalue weighted by atomic mass is 10.00. The molecule has 1 heteroatoms. The summed E-state index contributed by atoms with van der Waals surface area (Å²) in [6, 6.07) is 57.7. The fourth-order valence-electron chi connectivity index (χ4n) is 4.88. The van der Waals surface area contributed by atoms with E-state index in [-0.39, 0.29) is 0 Å². The van der Waals surface area contributed by atoms with Crippen LogP contribution in [-0.4, -0.2) is 0 Å². The van der Waals surface area contributed by atoms with Gasteiger partial charge in [-0.25, -0.2) is 0 Å². The lowest BCUT2D eigenvalue weighted by Gasteiger charge is -2.27. The molecule has 0 atom stereocenters. The summed E-state index contributed by atoms with van der Waals surface area (Å²) in [6.07, 6.45) is 4.37. The van der Waals surface area contributed by atoms with E-state index in [9.17, 15) is 0 Å². The summed E-state index contributed by atoms with van der Waals surface area (Å²) in [5, 5.41) is 0. The van der Waals surface area contributed by atoms with Crippen molar-refractivity contribution in [3.8, 4) is 22.3 Å². The second kappa shape index (κ2) is 11.5. The number of nitrogens with zero attached hydrogens (tertiary/aromatic N) is 1. The maximum Gasteiger partial charge on any atom is 0.0533 e. The second-order valence-corrected chi connectivity index (χ2v) is 9.46. The smallest absolute Gasteiger partial charge is 0.0533 e. The zero-order valence-corrected chi connectivity index (χ0v) is 21.7. The molecule has 0 saturated heterocycles. The molecule has 0 heterocycles. The lowest BCUT2D eigenvalue weighted by molar-refractivity contribution is 1.28. The number of para-hydroxylation sites is 2. The van der Waals surface area contributed by atoms with E-state index in [1.54, 1.807) is 0 Å². The molecule has 1 nitrogen and oxygen atoms in total. The van der Waals surface area contributed by atoms with Gasteiger partial charge in [-0.15, -0.1) is 0 Å². The van der Waals surface area contributed by atoms with E-state index < -0.39 is 0 Å². The molecule has 0 aliphatic heterocycles. The van der Waals surface area contributed by atoms with Gasteiger partial charge in [-0.3, -0.25) is 0 Å². The number of hydrogen-bond donors (Lipinski definition) is 0. The summed E-state index contributed by atoms with van der Waals surface area (Å²) in [5.41, 5.74) is 10.6. The first kappa shape index (κ1) is 24.2. The third kappa shape index (κ3) is 5.58. The minimum Gasteiger partial charge on any atom is -0.310 e. The average molecular weight is 500 g/mol. The van der Waals surface area contributed by atoms with Crippen molar-refractivity contribution in [2.75, 3.05) is 4.90 Å². The van der Waals surface area contributed by atoms with Crippen molar-refractivity contribution in [2.45, 2.75) is 0 Å². The molecule has 0 bridgehead atoms. The molecule has 6 aromatic carbocycles. The Bertz CT molecular complexity index is 1650. The highest BCUT2D eigenvalue weighted by Crippen LogP contribution is 2.38. The number of rotatable bonds is 7. The molecule has 0 N–H and O–H groups in total. The van der Waals surface area contributed by atoms with Crippen LogP contribution < -0.4 is 4.90 Å². The Morgan fingerprint density at radius 3 is 1.38 bits per heavy atom. The second-order valence-electron chi connectivity index (χ2n) is 9.46. The average Bonchev–Trinajstić information content (AvgIpc) is 3.03. The van der Waals surface area contributed by atoms with Gasteiger partial charge >= 0.3 is 0 Å². The van der Waals surface area contributed by atoms with Crippen LogP contribution in [-0.2, 0) is 0 Å². The highest BCUT2D eigenvalue weighted by molar-refractivity contribution is 5.86. The fraction of sp³-hybridized carbons (Fsp3) is 0. The Balaban J connectivity index is 1.34. The minimum atomic E-state index is 1.12. The first-order chi connectivity index (χ1) is 19.3. The first-order valence-electron chi connectivity index (χ1n) is 13.3. The molecular weight excluding hydrogens is 470 g/mol. The van der Waals surface area contributed by atoms with Crippen LogP contribution in [0.3, 0.4) is 0 Å². The number of hydrogen-bond acceptors (Lipinski definition) is 1. The van der Waals surface area contributed by atoms with Gasteiger partial charge in [-0.2, -0.15) is 0 Å². The topological polar surface area (TPSA) is 3.24 Å². The summed E-state index contributed by atoms with van der Waals surface area (Å²) in [4.78, 5) is 2.33. The van der Waals surface area contributed by atoms with Gasteiger partial charge in [-0.1, -0.05) is 146 Å². The van der Waals surface area contributed by atoms with Crippen LogP contribution >= 0.6 is 0 Å². The van der Waals surface area contributed by atoms with Gasteiger partial charge in [0.25, 0.3) is 0 Å². The van der Waals surface area contributed by atoms with Crippen LogP contribution in [0.2, 0.25) is 0 Å². The molecule has 0 amide bonds. The highest BCUT2D eigenvalue weighted by Gasteiger charge is 2.15. The predicted octanol–water partition coefficient (Wildman–Crippen LogP) is 10.7. The van der Waals surface area contributed by atoms with Crippen LogP contribution in [0.15, 0.2) is 164 Å². The van der Waals surface area contributed by atoms with E-state index >= 15 is 0 Å². The van der Waals surface area contributed by atoms with Crippen molar-refractivity contribution >= 4 is 29.2 Å². The van der Waals surface area contributed by atoms with Gasteiger partial charge < -0.3 is 4.90 Å². The van der Waals surface area contributed by atoms with Crippen molar-refractivity contribution in [2.24, 2.45) is 0 Å². The molecule has 0 fully saturated rings. The zero-order chi connectivity index (χ0) is 26.3. The number of benzene rings is 6. The lowest BCUT2D eigenvalue weighted by Crippen LogP contribution is -2.11. The summed E-state index contributed by atoms with van der Waals surface area (Å²) in [5.74, 6) is 0. The molecule has 186 valence electrons. The molecular formula is C38H29N. The number of anilines is 3. The Labute approximate surface area is 231 Å². The Morgan fingerprint density at radius 1 is 0.333 bits per heavy atom. The van der Waals surface area contributed by atoms with E-state index in [4.69, 9.17) is 0 Å². The third-order valence-corrected chi connectivity index (χ3v) is 6.90. The zero-order valence-electron chi connectivity index (χ0n) is 21.7. The molecule has 0 saturated carbocycles. The molecule has 0 aliphatic carbocycles. The minimum absolute atomic E-state index is 1.12. The maximum atomic E-state index is 2.33. The Hall–Kier alpha value is -5.14. The van der Waals surface area contributed by atoms with E-state index in [0.29, 0.717) is 0 Å². The molecule has 6 aromatic rings.